The zero-order valence-electron chi connectivity index (χ0n) is 5.63. The van der Waals surface area contributed by atoms with Crippen LogP contribution in [0.5, 0.6) is 5.75 Å². The van der Waals surface area contributed by atoms with Gasteiger partial charge in [-0.3, -0.25) is 4.98 Å². The lowest BCUT2D eigenvalue weighted by atomic mass is 10.2. The molecule has 2 nitrogen and oxygen atoms in total. The Hall–Kier alpha value is -1.12. The van der Waals surface area contributed by atoms with Crippen LogP contribution in [0.2, 0.25) is 0 Å². The summed E-state index contributed by atoms with van der Waals surface area (Å²) in [4.78, 5) is 3.58. The molecule has 1 aromatic rings. The lowest BCUT2D eigenvalue weighted by molar-refractivity contribution is 0.424. The Morgan fingerprint density at radius 2 is 2.30 bits per heavy atom. The Morgan fingerprint density at radius 3 is 2.80 bits per heavy atom. The van der Waals surface area contributed by atoms with Crippen LogP contribution in [0.1, 0.15) is 12.5 Å². The van der Waals surface area contributed by atoms with Crippen LogP contribution in [0.4, 0.5) is 4.39 Å². The van der Waals surface area contributed by atoms with Crippen LogP contribution in [0.15, 0.2) is 12.4 Å². The van der Waals surface area contributed by atoms with Crippen molar-refractivity contribution in [3.63, 3.8) is 0 Å². The SMILES string of the molecule is CCc1cncc(F)c1O. The molecule has 1 aromatic heterocycles. The normalized spacial score (nSPS) is 9.80. The average molecular weight is 141 g/mol. The average Bonchev–Trinajstić information content (AvgIpc) is 1.95. The summed E-state index contributed by atoms with van der Waals surface area (Å²) in [6, 6.07) is 0. The van der Waals surface area contributed by atoms with Gasteiger partial charge in [-0.25, -0.2) is 4.39 Å². The number of aromatic nitrogens is 1. The predicted octanol–water partition coefficient (Wildman–Crippen LogP) is 1.49. The van der Waals surface area contributed by atoms with Crippen molar-refractivity contribution in [2.24, 2.45) is 0 Å². The second kappa shape index (κ2) is 2.64. The van der Waals surface area contributed by atoms with Gasteiger partial charge in [0, 0.05) is 11.8 Å². The van der Waals surface area contributed by atoms with Crippen molar-refractivity contribution < 1.29 is 9.50 Å². The van der Waals surface area contributed by atoms with Crippen molar-refractivity contribution in [1.29, 1.82) is 0 Å². The molecular weight excluding hydrogens is 133 g/mol. The molecule has 0 aliphatic carbocycles. The molecule has 0 saturated heterocycles. The van der Waals surface area contributed by atoms with E-state index < -0.39 is 5.82 Å². The molecule has 0 amide bonds. The van der Waals surface area contributed by atoms with Crippen molar-refractivity contribution in [2.45, 2.75) is 13.3 Å². The predicted molar refractivity (Wildman–Crippen MR) is 35.2 cm³/mol. The Balaban J connectivity index is 3.14. The summed E-state index contributed by atoms with van der Waals surface area (Å²) < 4.78 is 12.5. The van der Waals surface area contributed by atoms with E-state index in [2.05, 4.69) is 4.98 Å². The fourth-order valence-corrected chi connectivity index (χ4v) is 0.727. The van der Waals surface area contributed by atoms with Crippen LogP contribution in [-0.4, -0.2) is 10.1 Å². The van der Waals surface area contributed by atoms with Gasteiger partial charge in [0.1, 0.15) is 0 Å². The Bertz CT molecular complexity index is 237. The van der Waals surface area contributed by atoms with E-state index in [0.717, 1.165) is 6.20 Å². The minimum Gasteiger partial charge on any atom is -0.505 e. The molecule has 1 heterocycles. The number of hydrogen-bond donors (Lipinski definition) is 1. The molecule has 0 fully saturated rings. The second-order valence-corrected chi connectivity index (χ2v) is 1.98. The van der Waals surface area contributed by atoms with Gasteiger partial charge >= 0.3 is 0 Å². The number of aryl methyl sites for hydroxylation is 1. The van der Waals surface area contributed by atoms with E-state index in [9.17, 15) is 4.39 Å². The molecular formula is C7H8FNO. The number of hydrogen-bond acceptors (Lipinski definition) is 2. The molecule has 54 valence electrons. The van der Waals surface area contributed by atoms with Gasteiger partial charge in [-0.2, -0.15) is 0 Å². The van der Waals surface area contributed by atoms with Crippen molar-refractivity contribution in [2.75, 3.05) is 0 Å². The first-order valence-corrected chi connectivity index (χ1v) is 3.07. The van der Waals surface area contributed by atoms with E-state index in [-0.39, 0.29) is 5.75 Å². The first kappa shape index (κ1) is 6.99. The standard InChI is InChI=1S/C7H8FNO/c1-2-5-3-9-4-6(8)7(5)10/h3-4H,2H2,1H3,(H,9,10). The Kier molecular flexibility index (Phi) is 1.85. The summed E-state index contributed by atoms with van der Waals surface area (Å²) in [5, 5.41) is 8.98. The summed E-state index contributed by atoms with van der Waals surface area (Å²) in [5.74, 6) is -0.933. The van der Waals surface area contributed by atoms with Gasteiger partial charge in [0.05, 0.1) is 6.20 Å². The van der Waals surface area contributed by atoms with Crippen LogP contribution in [0.3, 0.4) is 0 Å². The monoisotopic (exact) mass is 141 g/mol. The van der Waals surface area contributed by atoms with Crippen molar-refractivity contribution >= 4 is 0 Å². The fraction of sp³-hybridized carbons (Fsp3) is 0.286. The first-order valence-electron chi connectivity index (χ1n) is 3.07. The van der Waals surface area contributed by atoms with E-state index in [1.807, 2.05) is 6.92 Å². The second-order valence-electron chi connectivity index (χ2n) is 1.98. The maximum atomic E-state index is 12.5. The maximum absolute atomic E-state index is 12.5. The van der Waals surface area contributed by atoms with Crippen LogP contribution in [0, 0.1) is 5.82 Å². The summed E-state index contributed by atoms with van der Waals surface area (Å²) in [7, 11) is 0. The largest absolute Gasteiger partial charge is 0.505 e. The van der Waals surface area contributed by atoms with Crippen LogP contribution >= 0.6 is 0 Å². The number of aromatic hydroxyl groups is 1. The number of pyridine rings is 1. The molecule has 0 atom stereocenters. The minimum absolute atomic E-state index is 0.280. The van der Waals surface area contributed by atoms with Gasteiger partial charge in [-0.15, -0.1) is 0 Å². The Morgan fingerprint density at radius 1 is 1.60 bits per heavy atom. The highest BCUT2D eigenvalue weighted by Crippen LogP contribution is 2.18. The summed E-state index contributed by atoms with van der Waals surface area (Å²) >= 11 is 0. The van der Waals surface area contributed by atoms with Crippen molar-refractivity contribution in [3.8, 4) is 5.75 Å². The molecule has 0 radical (unpaired) electrons. The molecule has 0 aliphatic heterocycles. The van der Waals surface area contributed by atoms with Gasteiger partial charge in [-0.05, 0) is 6.42 Å². The van der Waals surface area contributed by atoms with Crippen LogP contribution < -0.4 is 0 Å². The zero-order chi connectivity index (χ0) is 7.56. The van der Waals surface area contributed by atoms with E-state index in [1.165, 1.54) is 6.20 Å². The number of rotatable bonds is 1. The fourth-order valence-electron chi connectivity index (χ4n) is 0.727. The van der Waals surface area contributed by atoms with E-state index >= 15 is 0 Å². The summed E-state index contributed by atoms with van der Waals surface area (Å²) in [5.41, 5.74) is 0.542. The van der Waals surface area contributed by atoms with Gasteiger partial charge < -0.3 is 5.11 Å². The summed E-state index contributed by atoms with van der Waals surface area (Å²) in [6.45, 7) is 1.83. The van der Waals surface area contributed by atoms with Crippen LogP contribution in [0.25, 0.3) is 0 Å². The third kappa shape index (κ3) is 1.07. The lowest BCUT2D eigenvalue weighted by Gasteiger charge is -1.98. The van der Waals surface area contributed by atoms with Gasteiger partial charge in [0.25, 0.3) is 0 Å². The van der Waals surface area contributed by atoms with Crippen molar-refractivity contribution in [3.05, 3.63) is 23.8 Å². The molecule has 1 N–H and O–H groups in total. The highest BCUT2D eigenvalue weighted by Gasteiger charge is 2.03. The molecule has 10 heavy (non-hydrogen) atoms. The van der Waals surface area contributed by atoms with Gasteiger partial charge in [-0.1, -0.05) is 6.92 Å². The third-order valence-electron chi connectivity index (χ3n) is 1.33. The minimum atomic E-state index is -0.653. The molecule has 0 spiro atoms. The van der Waals surface area contributed by atoms with E-state index in [0.29, 0.717) is 12.0 Å². The quantitative estimate of drug-likeness (QED) is 0.642. The number of nitrogens with zero attached hydrogens (tertiary/aromatic N) is 1. The van der Waals surface area contributed by atoms with E-state index in [4.69, 9.17) is 5.11 Å². The van der Waals surface area contributed by atoms with Gasteiger partial charge in [0.15, 0.2) is 11.6 Å². The molecule has 0 aliphatic rings. The first-order chi connectivity index (χ1) is 4.75. The molecule has 0 unspecified atom stereocenters. The van der Waals surface area contributed by atoms with Gasteiger partial charge in [0.2, 0.25) is 0 Å². The molecule has 0 aromatic carbocycles. The molecule has 0 bridgehead atoms. The highest BCUT2D eigenvalue weighted by atomic mass is 19.1. The maximum Gasteiger partial charge on any atom is 0.183 e. The van der Waals surface area contributed by atoms with Crippen molar-refractivity contribution in [1.82, 2.24) is 4.98 Å². The third-order valence-corrected chi connectivity index (χ3v) is 1.33. The lowest BCUT2D eigenvalue weighted by Crippen LogP contribution is -1.86. The molecule has 0 saturated carbocycles. The topological polar surface area (TPSA) is 33.1 Å². The molecule has 1 rings (SSSR count). The number of halogens is 1. The van der Waals surface area contributed by atoms with E-state index in [1.54, 1.807) is 0 Å². The highest BCUT2D eigenvalue weighted by molar-refractivity contribution is 5.29. The summed E-state index contributed by atoms with van der Waals surface area (Å²) in [6.07, 6.45) is 3.05. The van der Waals surface area contributed by atoms with Crippen LogP contribution in [-0.2, 0) is 6.42 Å². The smallest absolute Gasteiger partial charge is 0.183 e. The molecule has 3 heteroatoms. The zero-order valence-corrected chi connectivity index (χ0v) is 5.63. The Labute approximate surface area is 58.3 Å².